The van der Waals surface area contributed by atoms with E-state index in [2.05, 4.69) is 10.3 Å². The molecule has 2 heterocycles. The third-order valence-electron chi connectivity index (χ3n) is 4.15. The van der Waals surface area contributed by atoms with E-state index in [1.165, 1.54) is 0 Å². The molecule has 1 N–H and O–H groups in total. The van der Waals surface area contributed by atoms with Crippen molar-refractivity contribution in [2.75, 3.05) is 0 Å². The van der Waals surface area contributed by atoms with Crippen molar-refractivity contribution in [1.29, 1.82) is 0 Å². The van der Waals surface area contributed by atoms with Crippen molar-refractivity contribution in [3.05, 3.63) is 16.1 Å². The summed E-state index contributed by atoms with van der Waals surface area (Å²) < 4.78 is 0. The lowest BCUT2D eigenvalue weighted by atomic mass is 9.95. The second-order valence-electron chi connectivity index (χ2n) is 6.34. The molecular weight excluding hydrogens is 286 g/mol. The minimum atomic E-state index is -0.392. The molecule has 1 aromatic rings. The molecule has 0 bridgehead atoms. The van der Waals surface area contributed by atoms with Gasteiger partial charge in [0.2, 0.25) is 11.8 Å². The van der Waals surface area contributed by atoms with Crippen LogP contribution in [-0.2, 0) is 16.1 Å². The molecule has 2 fully saturated rings. The summed E-state index contributed by atoms with van der Waals surface area (Å²) in [5.74, 6) is 0.462. The van der Waals surface area contributed by atoms with Crippen molar-refractivity contribution in [1.82, 2.24) is 15.2 Å². The van der Waals surface area contributed by atoms with E-state index in [1.54, 1.807) is 16.2 Å². The minimum Gasteiger partial charge on any atom is -0.342 e. The van der Waals surface area contributed by atoms with Crippen LogP contribution >= 0.6 is 11.3 Å². The van der Waals surface area contributed by atoms with Crippen LogP contribution in [0.4, 0.5) is 0 Å². The number of rotatable bonds is 4. The van der Waals surface area contributed by atoms with Gasteiger partial charge in [0.1, 0.15) is 17.1 Å². The Morgan fingerprint density at radius 3 is 2.67 bits per heavy atom. The zero-order chi connectivity index (χ0) is 15.1. The molecule has 6 heteroatoms. The van der Waals surface area contributed by atoms with Crippen molar-refractivity contribution in [3.63, 3.8) is 0 Å². The SMILES string of the molecule is Cc1cnc(CN2C(=O)C(C3CC3)NC(=O)C2C(C)C)s1. The molecule has 2 aliphatic rings. The number of aromatic nitrogens is 1. The fourth-order valence-corrected chi connectivity index (χ4v) is 3.75. The summed E-state index contributed by atoms with van der Waals surface area (Å²) in [6.07, 6.45) is 3.89. The predicted octanol–water partition coefficient (Wildman–Crippen LogP) is 1.71. The van der Waals surface area contributed by atoms with Gasteiger partial charge in [0.25, 0.3) is 0 Å². The highest BCUT2D eigenvalue weighted by Gasteiger charge is 2.47. The Balaban J connectivity index is 1.86. The van der Waals surface area contributed by atoms with Crippen LogP contribution < -0.4 is 5.32 Å². The largest absolute Gasteiger partial charge is 0.342 e. The van der Waals surface area contributed by atoms with Crippen LogP contribution in [0.5, 0.6) is 0 Å². The Morgan fingerprint density at radius 2 is 2.14 bits per heavy atom. The van der Waals surface area contributed by atoms with Gasteiger partial charge in [-0.3, -0.25) is 9.59 Å². The molecule has 1 saturated heterocycles. The Hall–Kier alpha value is -1.43. The van der Waals surface area contributed by atoms with Gasteiger partial charge in [-0.15, -0.1) is 11.3 Å². The van der Waals surface area contributed by atoms with Gasteiger partial charge >= 0.3 is 0 Å². The van der Waals surface area contributed by atoms with Gasteiger partial charge in [-0.05, 0) is 31.6 Å². The van der Waals surface area contributed by atoms with E-state index in [0.717, 1.165) is 22.7 Å². The van der Waals surface area contributed by atoms with E-state index in [1.807, 2.05) is 27.0 Å². The maximum absolute atomic E-state index is 12.8. The van der Waals surface area contributed by atoms with E-state index >= 15 is 0 Å². The van der Waals surface area contributed by atoms with E-state index in [9.17, 15) is 9.59 Å². The molecule has 1 aromatic heterocycles. The summed E-state index contributed by atoms with van der Waals surface area (Å²) in [7, 11) is 0. The summed E-state index contributed by atoms with van der Waals surface area (Å²) in [5, 5.41) is 3.83. The second kappa shape index (κ2) is 5.40. The quantitative estimate of drug-likeness (QED) is 0.921. The summed E-state index contributed by atoms with van der Waals surface area (Å²) >= 11 is 1.59. The fourth-order valence-electron chi connectivity index (χ4n) is 2.97. The molecule has 114 valence electrons. The van der Waals surface area contributed by atoms with Gasteiger partial charge in [-0.25, -0.2) is 4.98 Å². The molecular formula is C15H21N3O2S. The first-order valence-corrected chi connectivity index (χ1v) is 8.31. The number of nitrogens with one attached hydrogen (secondary N) is 1. The molecule has 1 aliphatic heterocycles. The average Bonchev–Trinajstić information content (AvgIpc) is 3.17. The van der Waals surface area contributed by atoms with Crippen molar-refractivity contribution in [3.8, 4) is 0 Å². The summed E-state index contributed by atoms with van der Waals surface area (Å²) in [6.45, 7) is 6.40. The third-order valence-corrected chi connectivity index (χ3v) is 5.05. The van der Waals surface area contributed by atoms with Gasteiger partial charge in [0.15, 0.2) is 0 Å². The number of thiazole rings is 1. The monoisotopic (exact) mass is 307 g/mol. The first kappa shape index (κ1) is 14.5. The molecule has 0 spiro atoms. The number of aryl methyl sites for hydroxylation is 1. The van der Waals surface area contributed by atoms with Crippen molar-refractivity contribution in [2.45, 2.75) is 52.2 Å². The predicted molar refractivity (Wildman–Crippen MR) is 80.7 cm³/mol. The Morgan fingerprint density at radius 1 is 1.43 bits per heavy atom. The number of nitrogens with zero attached hydrogens (tertiary/aromatic N) is 2. The highest BCUT2D eigenvalue weighted by atomic mass is 32.1. The van der Waals surface area contributed by atoms with Gasteiger partial charge in [0.05, 0.1) is 6.54 Å². The number of hydrogen-bond acceptors (Lipinski definition) is 4. The van der Waals surface area contributed by atoms with Crippen LogP contribution in [-0.4, -0.2) is 33.8 Å². The number of amides is 2. The lowest BCUT2D eigenvalue weighted by Gasteiger charge is -2.40. The van der Waals surface area contributed by atoms with Crippen molar-refractivity contribution >= 4 is 23.2 Å². The second-order valence-corrected chi connectivity index (χ2v) is 7.66. The smallest absolute Gasteiger partial charge is 0.246 e. The van der Waals surface area contributed by atoms with Crippen LogP contribution in [0, 0.1) is 18.8 Å². The topological polar surface area (TPSA) is 62.3 Å². The molecule has 1 aliphatic carbocycles. The molecule has 3 rings (SSSR count). The Bertz CT molecular complexity index is 565. The highest BCUT2D eigenvalue weighted by molar-refractivity contribution is 7.11. The van der Waals surface area contributed by atoms with Gasteiger partial charge in [0, 0.05) is 11.1 Å². The minimum absolute atomic E-state index is 0.0187. The van der Waals surface area contributed by atoms with Crippen LogP contribution in [0.3, 0.4) is 0 Å². The van der Waals surface area contributed by atoms with Crippen molar-refractivity contribution < 1.29 is 9.59 Å². The first-order chi connectivity index (χ1) is 9.97. The third kappa shape index (κ3) is 2.81. The van der Waals surface area contributed by atoms with Crippen LogP contribution in [0.15, 0.2) is 6.20 Å². The van der Waals surface area contributed by atoms with E-state index in [4.69, 9.17) is 0 Å². The standard InChI is InChI=1S/C15H21N3O2S/c1-8(2)13-14(19)17-12(10-4-5-10)15(20)18(13)7-11-16-6-9(3)21-11/h6,8,10,12-13H,4-5,7H2,1-3H3,(H,17,19). The molecule has 2 atom stereocenters. The molecule has 21 heavy (non-hydrogen) atoms. The maximum Gasteiger partial charge on any atom is 0.246 e. The van der Waals surface area contributed by atoms with E-state index in [0.29, 0.717) is 12.5 Å². The molecule has 1 saturated carbocycles. The number of hydrogen-bond donors (Lipinski definition) is 1. The molecule has 5 nitrogen and oxygen atoms in total. The van der Waals surface area contributed by atoms with Crippen LogP contribution in [0.1, 0.15) is 36.6 Å². The molecule has 2 amide bonds. The van der Waals surface area contributed by atoms with Crippen molar-refractivity contribution in [2.24, 2.45) is 11.8 Å². The normalized spacial score (nSPS) is 26.4. The Kier molecular flexibility index (Phi) is 3.73. The van der Waals surface area contributed by atoms with Gasteiger partial charge in [-0.2, -0.15) is 0 Å². The molecule has 2 unspecified atom stereocenters. The van der Waals surface area contributed by atoms with Gasteiger partial charge < -0.3 is 10.2 Å². The average molecular weight is 307 g/mol. The fraction of sp³-hybridized carbons (Fsp3) is 0.667. The summed E-state index contributed by atoms with van der Waals surface area (Å²) in [5.41, 5.74) is 0. The summed E-state index contributed by atoms with van der Waals surface area (Å²) in [6, 6.07) is -0.717. The van der Waals surface area contributed by atoms with Crippen LogP contribution in [0.25, 0.3) is 0 Å². The van der Waals surface area contributed by atoms with Crippen LogP contribution in [0.2, 0.25) is 0 Å². The maximum atomic E-state index is 12.8. The number of carbonyl (C=O) groups excluding carboxylic acids is 2. The number of piperazine rings is 1. The molecule has 0 radical (unpaired) electrons. The number of carbonyl (C=O) groups is 2. The molecule has 0 aromatic carbocycles. The zero-order valence-electron chi connectivity index (χ0n) is 12.6. The summed E-state index contributed by atoms with van der Waals surface area (Å²) in [4.78, 5) is 32.4. The highest BCUT2D eigenvalue weighted by Crippen LogP contribution is 2.36. The zero-order valence-corrected chi connectivity index (χ0v) is 13.4. The Labute approximate surface area is 128 Å². The van der Waals surface area contributed by atoms with E-state index < -0.39 is 6.04 Å². The van der Waals surface area contributed by atoms with Gasteiger partial charge in [-0.1, -0.05) is 13.8 Å². The van der Waals surface area contributed by atoms with E-state index in [-0.39, 0.29) is 23.8 Å². The first-order valence-electron chi connectivity index (χ1n) is 7.49. The lowest BCUT2D eigenvalue weighted by molar-refractivity contribution is -0.152. The lowest BCUT2D eigenvalue weighted by Crippen LogP contribution is -2.65.